The molecule has 0 fully saturated rings. The van der Waals surface area contributed by atoms with Crippen molar-refractivity contribution in [3.8, 4) is 0 Å². The van der Waals surface area contributed by atoms with Gasteiger partial charge in [-0.25, -0.2) is 4.79 Å². The molecule has 0 radical (unpaired) electrons. The number of allylic oxidation sites excluding steroid dienone is 13. The van der Waals surface area contributed by atoms with Gasteiger partial charge in [0.2, 0.25) is 5.91 Å². The SMILES string of the molecule is CC/C=C\C/C=C\C/C=C\C/C=C\C(CCCCCCCC(=O)NC(CCCN)C(=O)O)OC(=O)CCCCCCCC/C=C\C/C=C\C/C=C\CCCCC. The summed E-state index contributed by atoms with van der Waals surface area (Å²) in [5, 5.41) is 11.9. The molecule has 0 aromatic rings. The molecule has 0 rings (SSSR count). The third-order valence-corrected chi connectivity index (χ3v) is 9.43. The first-order chi connectivity index (χ1) is 27.4. The highest BCUT2D eigenvalue weighted by molar-refractivity contribution is 5.83. The molecule has 56 heavy (non-hydrogen) atoms. The number of nitrogens with one attached hydrogen (secondary N) is 1. The lowest BCUT2D eigenvalue weighted by Gasteiger charge is -2.15. The molecule has 7 nitrogen and oxygen atoms in total. The van der Waals surface area contributed by atoms with Crippen molar-refractivity contribution in [1.82, 2.24) is 5.32 Å². The Morgan fingerprint density at radius 2 is 1.04 bits per heavy atom. The van der Waals surface area contributed by atoms with Gasteiger partial charge >= 0.3 is 11.9 Å². The molecule has 318 valence electrons. The molecule has 0 aliphatic rings. The number of unbranched alkanes of at least 4 members (excludes halogenated alkanes) is 13. The highest BCUT2D eigenvalue weighted by Gasteiger charge is 2.18. The number of hydrogen-bond acceptors (Lipinski definition) is 5. The van der Waals surface area contributed by atoms with E-state index in [1.165, 1.54) is 44.9 Å². The minimum absolute atomic E-state index is 0.114. The van der Waals surface area contributed by atoms with Gasteiger partial charge in [-0.15, -0.1) is 0 Å². The number of hydrogen-bond donors (Lipinski definition) is 3. The van der Waals surface area contributed by atoms with E-state index in [2.05, 4.69) is 98.2 Å². The number of carbonyl (C=O) groups excluding carboxylic acids is 2. The second-order valence-corrected chi connectivity index (χ2v) is 14.7. The third kappa shape index (κ3) is 38.8. The molecule has 1 amide bonds. The van der Waals surface area contributed by atoms with E-state index in [0.29, 0.717) is 32.2 Å². The number of rotatable bonds is 39. The molecule has 0 bridgehead atoms. The van der Waals surface area contributed by atoms with Crippen molar-refractivity contribution in [2.45, 2.75) is 199 Å². The van der Waals surface area contributed by atoms with Gasteiger partial charge in [0.05, 0.1) is 0 Å². The van der Waals surface area contributed by atoms with Crippen LogP contribution in [0.2, 0.25) is 0 Å². The van der Waals surface area contributed by atoms with E-state index < -0.39 is 12.0 Å². The number of aliphatic carboxylic acids is 1. The minimum atomic E-state index is -1.02. The predicted molar refractivity (Wildman–Crippen MR) is 238 cm³/mol. The Balaban J connectivity index is 4.42. The molecule has 7 heteroatoms. The number of carboxylic acids is 1. The van der Waals surface area contributed by atoms with Crippen LogP contribution in [-0.4, -0.2) is 41.6 Å². The van der Waals surface area contributed by atoms with Gasteiger partial charge in [-0.3, -0.25) is 9.59 Å². The second kappa shape index (κ2) is 42.7. The van der Waals surface area contributed by atoms with E-state index in [1.54, 1.807) is 0 Å². The fourth-order valence-electron chi connectivity index (χ4n) is 6.07. The van der Waals surface area contributed by atoms with Crippen LogP contribution in [0.15, 0.2) is 85.1 Å². The predicted octanol–water partition coefficient (Wildman–Crippen LogP) is 12.9. The van der Waals surface area contributed by atoms with E-state index in [9.17, 15) is 19.5 Å². The van der Waals surface area contributed by atoms with E-state index in [0.717, 1.165) is 103 Å². The number of esters is 1. The molecule has 0 aliphatic heterocycles. The summed E-state index contributed by atoms with van der Waals surface area (Å²) in [6.07, 6.45) is 56.4. The van der Waals surface area contributed by atoms with Crippen molar-refractivity contribution in [1.29, 1.82) is 0 Å². The third-order valence-electron chi connectivity index (χ3n) is 9.43. The van der Waals surface area contributed by atoms with Crippen molar-refractivity contribution < 1.29 is 24.2 Å². The summed E-state index contributed by atoms with van der Waals surface area (Å²) < 4.78 is 5.93. The number of amides is 1. The van der Waals surface area contributed by atoms with Crippen LogP contribution in [0.1, 0.15) is 187 Å². The summed E-state index contributed by atoms with van der Waals surface area (Å²) in [5.41, 5.74) is 5.48. The largest absolute Gasteiger partial charge is 0.480 e. The maximum absolute atomic E-state index is 12.8. The lowest BCUT2D eigenvalue weighted by molar-refractivity contribution is -0.147. The zero-order valence-electron chi connectivity index (χ0n) is 35.7. The molecule has 4 N–H and O–H groups in total. The van der Waals surface area contributed by atoms with Crippen molar-refractivity contribution in [3.05, 3.63) is 85.1 Å². The average molecular weight is 779 g/mol. The van der Waals surface area contributed by atoms with Crippen LogP contribution in [0.25, 0.3) is 0 Å². The Bertz CT molecular complexity index is 1150. The van der Waals surface area contributed by atoms with E-state index in [-0.39, 0.29) is 18.0 Å². The maximum Gasteiger partial charge on any atom is 0.326 e. The zero-order valence-corrected chi connectivity index (χ0v) is 35.7. The van der Waals surface area contributed by atoms with Crippen LogP contribution in [0.5, 0.6) is 0 Å². The molecule has 0 aliphatic carbocycles. The van der Waals surface area contributed by atoms with Gasteiger partial charge in [-0.2, -0.15) is 0 Å². The molecular formula is C49H82N2O5. The number of carbonyl (C=O) groups is 3. The fourth-order valence-corrected chi connectivity index (χ4v) is 6.07. The normalized spacial score (nSPS) is 13.5. The first-order valence-corrected chi connectivity index (χ1v) is 22.4. The minimum Gasteiger partial charge on any atom is -0.480 e. The molecular weight excluding hydrogens is 697 g/mol. The Morgan fingerprint density at radius 1 is 0.554 bits per heavy atom. The highest BCUT2D eigenvalue weighted by atomic mass is 16.5. The molecule has 0 saturated heterocycles. The maximum atomic E-state index is 12.8. The first kappa shape index (κ1) is 52.6. The Labute approximate surface area is 343 Å². The Morgan fingerprint density at radius 3 is 1.59 bits per heavy atom. The summed E-state index contributed by atoms with van der Waals surface area (Å²) in [7, 11) is 0. The summed E-state index contributed by atoms with van der Waals surface area (Å²) in [6.45, 7) is 4.78. The Hall–Kier alpha value is -3.45. The molecule has 2 atom stereocenters. The van der Waals surface area contributed by atoms with Gasteiger partial charge < -0.3 is 20.9 Å². The van der Waals surface area contributed by atoms with Gasteiger partial charge in [-0.1, -0.05) is 151 Å². The Kier molecular flexibility index (Phi) is 40.1. The van der Waals surface area contributed by atoms with Gasteiger partial charge in [0, 0.05) is 12.8 Å². The fraction of sp³-hybridized carbons (Fsp3) is 0.653. The van der Waals surface area contributed by atoms with Gasteiger partial charge in [0.15, 0.2) is 0 Å². The average Bonchev–Trinajstić information content (AvgIpc) is 3.18. The lowest BCUT2D eigenvalue weighted by Crippen LogP contribution is -2.40. The van der Waals surface area contributed by atoms with Crippen molar-refractivity contribution >= 4 is 17.8 Å². The van der Waals surface area contributed by atoms with Crippen LogP contribution in [0.4, 0.5) is 0 Å². The lowest BCUT2D eigenvalue weighted by atomic mass is 10.1. The zero-order chi connectivity index (χ0) is 41.0. The molecule has 0 spiro atoms. The molecule has 2 unspecified atom stereocenters. The van der Waals surface area contributed by atoms with E-state index >= 15 is 0 Å². The van der Waals surface area contributed by atoms with E-state index in [4.69, 9.17) is 10.5 Å². The summed E-state index contributed by atoms with van der Waals surface area (Å²) in [6, 6.07) is -0.873. The number of nitrogens with two attached hydrogens (primary N) is 1. The molecule has 0 aromatic heterocycles. The van der Waals surface area contributed by atoms with Crippen LogP contribution in [-0.2, 0) is 19.1 Å². The monoisotopic (exact) mass is 779 g/mol. The quantitative estimate of drug-likeness (QED) is 0.0325. The summed E-state index contributed by atoms with van der Waals surface area (Å²) in [4.78, 5) is 36.4. The van der Waals surface area contributed by atoms with Crippen LogP contribution in [0, 0.1) is 0 Å². The van der Waals surface area contributed by atoms with Crippen molar-refractivity contribution in [3.63, 3.8) is 0 Å². The van der Waals surface area contributed by atoms with Crippen LogP contribution < -0.4 is 11.1 Å². The van der Waals surface area contributed by atoms with Crippen LogP contribution in [0.3, 0.4) is 0 Å². The van der Waals surface area contributed by atoms with Crippen molar-refractivity contribution in [2.75, 3.05) is 6.54 Å². The second-order valence-electron chi connectivity index (χ2n) is 14.7. The first-order valence-electron chi connectivity index (χ1n) is 22.4. The molecule has 0 aromatic carbocycles. The van der Waals surface area contributed by atoms with Crippen LogP contribution >= 0.6 is 0 Å². The van der Waals surface area contributed by atoms with Gasteiger partial charge in [0.25, 0.3) is 0 Å². The number of carboxylic acid groups (broad SMARTS) is 1. The topological polar surface area (TPSA) is 119 Å². The smallest absolute Gasteiger partial charge is 0.326 e. The van der Waals surface area contributed by atoms with Crippen molar-refractivity contribution in [2.24, 2.45) is 5.73 Å². The van der Waals surface area contributed by atoms with Gasteiger partial charge in [0.1, 0.15) is 12.1 Å². The standard InChI is InChI=1S/C49H82N2O5/c1-3-5-7-9-11-13-15-16-17-18-19-20-21-22-24-26-28-33-37-43-48(53)56-45(39-34-30-27-25-23-14-12-10-8-6-4-2)40-35-31-29-32-36-42-47(52)51-46(49(54)55)41-38-44-50/h6,8,11-14,16-17,19-20,25,27,34,39,45-46H,3-5,7,9-10,15,18,21-24,26,28-33,35-38,40-44,50H2,1-2H3,(H,51,52)(H,54,55)/b8-6-,13-11-,14-12-,17-16-,20-19-,27-25-,39-34-. The molecule has 0 heterocycles. The van der Waals surface area contributed by atoms with E-state index in [1.807, 2.05) is 6.08 Å². The summed E-state index contributed by atoms with van der Waals surface area (Å²) >= 11 is 0. The van der Waals surface area contributed by atoms with Gasteiger partial charge in [-0.05, 0) is 115 Å². The highest BCUT2D eigenvalue weighted by Crippen LogP contribution is 2.15. The number of ether oxygens (including phenoxy) is 1. The summed E-state index contributed by atoms with van der Waals surface area (Å²) in [5.74, 6) is -1.35. The molecule has 0 saturated carbocycles.